The molecule has 2 heterocycles. The topological polar surface area (TPSA) is 91.3 Å². The highest BCUT2D eigenvalue weighted by molar-refractivity contribution is 5.90. The van der Waals surface area contributed by atoms with E-state index in [0.29, 0.717) is 23.7 Å². The Hall–Kier alpha value is -1.95. The van der Waals surface area contributed by atoms with Crippen molar-refractivity contribution in [1.29, 1.82) is 0 Å². The lowest BCUT2D eigenvalue weighted by Crippen LogP contribution is -2.30. The van der Waals surface area contributed by atoms with Gasteiger partial charge in [-0.1, -0.05) is 0 Å². The van der Waals surface area contributed by atoms with Gasteiger partial charge in [-0.2, -0.15) is 0 Å². The molecule has 6 nitrogen and oxygen atoms in total. The number of anilines is 1. The van der Waals surface area contributed by atoms with Crippen molar-refractivity contribution < 1.29 is 14.7 Å². The first kappa shape index (κ1) is 14.5. The summed E-state index contributed by atoms with van der Waals surface area (Å²) in [5, 5.41) is 14.7. The van der Waals surface area contributed by atoms with Crippen molar-refractivity contribution in [3.8, 4) is 0 Å². The summed E-state index contributed by atoms with van der Waals surface area (Å²) < 4.78 is 0. The Morgan fingerprint density at radius 3 is 2.70 bits per heavy atom. The normalized spacial score (nSPS) is 15.8. The van der Waals surface area contributed by atoms with Crippen molar-refractivity contribution in [2.45, 2.75) is 25.7 Å². The summed E-state index contributed by atoms with van der Waals surface area (Å²) in [6.45, 7) is 1.95. The van der Waals surface area contributed by atoms with E-state index in [-0.39, 0.29) is 12.3 Å². The quantitative estimate of drug-likeness (QED) is 0.748. The summed E-state index contributed by atoms with van der Waals surface area (Å²) in [4.78, 5) is 26.4. The Labute approximate surface area is 117 Å². The van der Waals surface area contributed by atoms with Crippen LogP contribution in [0.5, 0.6) is 0 Å². The van der Waals surface area contributed by atoms with Gasteiger partial charge in [0.1, 0.15) is 0 Å². The highest BCUT2D eigenvalue weighted by Gasteiger charge is 2.16. The van der Waals surface area contributed by atoms with Gasteiger partial charge in [0.05, 0.1) is 24.0 Å². The smallest absolute Gasteiger partial charge is 0.309 e. The van der Waals surface area contributed by atoms with Crippen molar-refractivity contribution >= 4 is 17.6 Å². The van der Waals surface area contributed by atoms with Crippen molar-refractivity contribution in [2.24, 2.45) is 5.92 Å². The van der Waals surface area contributed by atoms with Crippen LogP contribution in [0.15, 0.2) is 18.3 Å². The highest BCUT2D eigenvalue weighted by Crippen LogP contribution is 2.17. The van der Waals surface area contributed by atoms with E-state index in [9.17, 15) is 9.59 Å². The molecule has 1 aromatic rings. The van der Waals surface area contributed by atoms with Gasteiger partial charge >= 0.3 is 5.97 Å². The van der Waals surface area contributed by atoms with Crippen LogP contribution in [0.1, 0.15) is 25.0 Å². The number of piperidine rings is 1. The van der Waals surface area contributed by atoms with Crippen LogP contribution in [0.3, 0.4) is 0 Å². The molecule has 1 aromatic heterocycles. The molecular formula is C14H19N3O3. The minimum Gasteiger partial charge on any atom is -0.481 e. The maximum Gasteiger partial charge on any atom is 0.309 e. The zero-order valence-corrected chi connectivity index (χ0v) is 11.3. The fourth-order valence-electron chi connectivity index (χ4n) is 2.32. The molecule has 1 fully saturated rings. The van der Waals surface area contributed by atoms with Gasteiger partial charge in [-0.05, 0) is 44.0 Å². The van der Waals surface area contributed by atoms with Crippen molar-refractivity contribution in [1.82, 2.24) is 10.3 Å². The molecular weight excluding hydrogens is 258 g/mol. The first-order valence-electron chi connectivity index (χ1n) is 6.81. The number of hydrogen-bond donors (Lipinski definition) is 3. The van der Waals surface area contributed by atoms with Gasteiger partial charge in [0.25, 0.3) is 0 Å². The molecule has 0 unspecified atom stereocenters. The van der Waals surface area contributed by atoms with Crippen LogP contribution in [0, 0.1) is 5.92 Å². The van der Waals surface area contributed by atoms with Crippen LogP contribution < -0.4 is 10.6 Å². The van der Waals surface area contributed by atoms with E-state index in [4.69, 9.17) is 5.11 Å². The van der Waals surface area contributed by atoms with E-state index in [0.717, 1.165) is 25.9 Å². The monoisotopic (exact) mass is 277 g/mol. The molecule has 0 bridgehead atoms. The number of amides is 1. The number of carboxylic acids is 1. The minimum absolute atomic E-state index is 0.00955. The average molecular weight is 277 g/mol. The number of carbonyl (C=O) groups is 2. The molecule has 1 aliphatic heterocycles. The molecule has 1 aliphatic rings. The molecule has 0 aromatic carbocycles. The third kappa shape index (κ3) is 4.62. The second-order valence-electron chi connectivity index (χ2n) is 5.05. The van der Waals surface area contributed by atoms with E-state index in [1.165, 1.54) is 6.20 Å². The van der Waals surface area contributed by atoms with E-state index in [2.05, 4.69) is 15.6 Å². The first-order chi connectivity index (χ1) is 9.63. The number of aromatic nitrogens is 1. The van der Waals surface area contributed by atoms with Gasteiger partial charge < -0.3 is 15.7 Å². The molecule has 0 atom stereocenters. The molecule has 0 radical (unpaired) electrons. The van der Waals surface area contributed by atoms with Crippen LogP contribution >= 0.6 is 0 Å². The van der Waals surface area contributed by atoms with Gasteiger partial charge in [0.2, 0.25) is 5.91 Å². The Kier molecular flexibility index (Phi) is 5.06. The molecule has 108 valence electrons. The van der Waals surface area contributed by atoms with E-state index in [1.54, 1.807) is 12.1 Å². The highest BCUT2D eigenvalue weighted by atomic mass is 16.4. The van der Waals surface area contributed by atoms with E-state index >= 15 is 0 Å². The van der Waals surface area contributed by atoms with Gasteiger partial charge in [-0.15, -0.1) is 0 Å². The van der Waals surface area contributed by atoms with Gasteiger partial charge in [-0.3, -0.25) is 14.6 Å². The van der Waals surface area contributed by atoms with E-state index in [1.807, 2.05) is 0 Å². The fraction of sp³-hybridized carbons (Fsp3) is 0.500. The standard InChI is InChI=1S/C14H19N3O3/c18-13(7-10-3-5-15-6-4-10)17-12-2-1-11(16-9-12)8-14(19)20/h1-2,9-10,15H,3-8H2,(H,17,18)(H,19,20). The van der Waals surface area contributed by atoms with Gasteiger partial charge in [0.15, 0.2) is 0 Å². The molecule has 3 N–H and O–H groups in total. The average Bonchev–Trinajstić information content (AvgIpc) is 2.41. The summed E-state index contributed by atoms with van der Waals surface area (Å²) >= 11 is 0. The number of rotatable bonds is 5. The number of aliphatic carboxylic acids is 1. The summed E-state index contributed by atoms with van der Waals surface area (Å²) in [6, 6.07) is 3.31. The summed E-state index contributed by atoms with van der Waals surface area (Å²) in [7, 11) is 0. The predicted molar refractivity (Wildman–Crippen MR) is 74.4 cm³/mol. The Balaban J connectivity index is 1.82. The van der Waals surface area contributed by atoms with Crippen LogP contribution in [-0.2, 0) is 16.0 Å². The van der Waals surface area contributed by atoms with Crippen molar-refractivity contribution in [3.05, 3.63) is 24.0 Å². The maximum absolute atomic E-state index is 11.9. The zero-order chi connectivity index (χ0) is 14.4. The summed E-state index contributed by atoms with van der Waals surface area (Å²) in [5.41, 5.74) is 1.09. The fourth-order valence-corrected chi connectivity index (χ4v) is 2.32. The SMILES string of the molecule is O=C(O)Cc1ccc(NC(=O)CC2CCNCC2)cn1. The molecule has 1 amide bonds. The molecule has 0 saturated carbocycles. The lowest BCUT2D eigenvalue weighted by Gasteiger charge is -2.21. The van der Waals surface area contributed by atoms with Gasteiger partial charge in [0, 0.05) is 6.42 Å². The molecule has 20 heavy (non-hydrogen) atoms. The Bertz CT molecular complexity index is 467. The molecule has 2 rings (SSSR count). The van der Waals surface area contributed by atoms with Crippen LogP contribution in [0.25, 0.3) is 0 Å². The van der Waals surface area contributed by atoms with E-state index < -0.39 is 5.97 Å². The largest absolute Gasteiger partial charge is 0.481 e. The second-order valence-corrected chi connectivity index (χ2v) is 5.05. The van der Waals surface area contributed by atoms with Crippen molar-refractivity contribution in [2.75, 3.05) is 18.4 Å². The number of carboxylic acid groups (broad SMARTS) is 1. The Morgan fingerprint density at radius 1 is 1.35 bits per heavy atom. The molecule has 0 spiro atoms. The summed E-state index contributed by atoms with van der Waals surface area (Å²) in [5.74, 6) is -0.486. The lowest BCUT2D eigenvalue weighted by molar-refractivity contribution is -0.136. The second kappa shape index (κ2) is 7.00. The number of pyridine rings is 1. The molecule has 0 aliphatic carbocycles. The van der Waals surface area contributed by atoms with Crippen LogP contribution in [-0.4, -0.2) is 35.1 Å². The third-order valence-corrected chi connectivity index (χ3v) is 3.37. The lowest BCUT2D eigenvalue weighted by atomic mass is 9.94. The first-order valence-corrected chi connectivity index (χ1v) is 6.81. The predicted octanol–water partition coefficient (Wildman–Crippen LogP) is 1.04. The van der Waals surface area contributed by atoms with Gasteiger partial charge in [-0.25, -0.2) is 0 Å². The van der Waals surface area contributed by atoms with Crippen LogP contribution in [0.2, 0.25) is 0 Å². The zero-order valence-electron chi connectivity index (χ0n) is 11.3. The number of hydrogen-bond acceptors (Lipinski definition) is 4. The minimum atomic E-state index is -0.916. The van der Waals surface area contributed by atoms with Crippen LogP contribution in [0.4, 0.5) is 5.69 Å². The third-order valence-electron chi connectivity index (χ3n) is 3.37. The number of carbonyl (C=O) groups excluding carboxylic acids is 1. The number of nitrogens with zero attached hydrogens (tertiary/aromatic N) is 1. The molecule has 6 heteroatoms. The Morgan fingerprint density at radius 2 is 2.10 bits per heavy atom. The summed E-state index contributed by atoms with van der Waals surface area (Å²) in [6.07, 6.45) is 3.98. The van der Waals surface area contributed by atoms with Crippen molar-refractivity contribution in [3.63, 3.8) is 0 Å². The molecule has 1 saturated heterocycles. The maximum atomic E-state index is 11.9. The number of nitrogens with one attached hydrogen (secondary N) is 2.